The van der Waals surface area contributed by atoms with Crippen LogP contribution in [0.4, 0.5) is 0 Å². The van der Waals surface area contributed by atoms with E-state index in [4.69, 9.17) is 0 Å². The van der Waals surface area contributed by atoms with E-state index in [0.717, 1.165) is 5.92 Å². The summed E-state index contributed by atoms with van der Waals surface area (Å²) in [6.07, 6.45) is 9.54. The standard InChI is InChI=1S/C10H17N/c1-3-6-9-7-4-5-8-10(9)11-2/h5,8-9H,3-4,6-7H2,1-2H3. The van der Waals surface area contributed by atoms with Crippen molar-refractivity contribution >= 4 is 5.71 Å². The van der Waals surface area contributed by atoms with Crippen LogP contribution in [0.1, 0.15) is 32.6 Å². The Morgan fingerprint density at radius 3 is 3.09 bits per heavy atom. The molecular formula is C10H17N. The maximum absolute atomic E-state index is 4.28. The minimum Gasteiger partial charge on any atom is -0.293 e. The molecule has 1 aliphatic carbocycles. The number of allylic oxidation sites excluding steroid dienone is 2. The third kappa shape index (κ3) is 2.18. The van der Waals surface area contributed by atoms with Crippen LogP contribution in [0.25, 0.3) is 0 Å². The molecule has 1 aliphatic rings. The Labute approximate surface area is 69.2 Å². The molecule has 0 spiro atoms. The highest BCUT2D eigenvalue weighted by Crippen LogP contribution is 2.20. The topological polar surface area (TPSA) is 12.4 Å². The smallest absolute Gasteiger partial charge is 0.0372 e. The summed E-state index contributed by atoms with van der Waals surface area (Å²) in [7, 11) is 1.90. The van der Waals surface area contributed by atoms with E-state index >= 15 is 0 Å². The minimum atomic E-state index is 0.745. The summed E-state index contributed by atoms with van der Waals surface area (Å²) in [4.78, 5) is 4.28. The summed E-state index contributed by atoms with van der Waals surface area (Å²) in [6, 6.07) is 0. The molecule has 1 heteroatoms. The van der Waals surface area contributed by atoms with Crippen molar-refractivity contribution in [3.05, 3.63) is 12.2 Å². The number of rotatable bonds is 2. The van der Waals surface area contributed by atoms with Gasteiger partial charge in [-0.3, -0.25) is 4.99 Å². The first kappa shape index (κ1) is 8.51. The summed E-state index contributed by atoms with van der Waals surface area (Å²) in [5, 5.41) is 0. The summed E-state index contributed by atoms with van der Waals surface area (Å²) in [5.41, 5.74) is 1.30. The van der Waals surface area contributed by atoms with Gasteiger partial charge in [0.25, 0.3) is 0 Å². The van der Waals surface area contributed by atoms with Crippen LogP contribution in [-0.4, -0.2) is 12.8 Å². The quantitative estimate of drug-likeness (QED) is 0.575. The lowest BCUT2D eigenvalue weighted by atomic mass is 9.89. The van der Waals surface area contributed by atoms with Gasteiger partial charge in [-0.15, -0.1) is 0 Å². The fourth-order valence-electron chi connectivity index (χ4n) is 1.68. The van der Waals surface area contributed by atoms with Gasteiger partial charge in [0.05, 0.1) is 0 Å². The first-order valence-electron chi connectivity index (χ1n) is 4.51. The van der Waals surface area contributed by atoms with E-state index < -0.39 is 0 Å². The largest absolute Gasteiger partial charge is 0.293 e. The molecule has 0 aromatic carbocycles. The Balaban J connectivity index is 2.57. The number of aliphatic imine (C=N–C) groups is 1. The van der Waals surface area contributed by atoms with Crippen LogP contribution in [-0.2, 0) is 0 Å². The van der Waals surface area contributed by atoms with Crippen LogP contribution in [0.5, 0.6) is 0 Å². The number of hydrogen-bond donors (Lipinski definition) is 0. The number of hydrogen-bond acceptors (Lipinski definition) is 1. The van der Waals surface area contributed by atoms with Crippen molar-refractivity contribution in [1.82, 2.24) is 0 Å². The van der Waals surface area contributed by atoms with Crippen LogP contribution >= 0.6 is 0 Å². The maximum Gasteiger partial charge on any atom is 0.0372 e. The summed E-state index contributed by atoms with van der Waals surface area (Å²) in [6.45, 7) is 2.24. The van der Waals surface area contributed by atoms with Gasteiger partial charge < -0.3 is 0 Å². The molecule has 0 saturated carbocycles. The van der Waals surface area contributed by atoms with Gasteiger partial charge in [0.2, 0.25) is 0 Å². The molecule has 0 bridgehead atoms. The summed E-state index contributed by atoms with van der Waals surface area (Å²) in [5.74, 6) is 0.745. The van der Waals surface area contributed by atoms with E-state index in [1.54, 1.807) is 0 Å². The molecule has 0 N–H and O–H groups in total. The predicted octanol–water partition coefficient (Wildman–Crippen LogP) is 2.82. The molecule has 0 fully saturated rings. The molecule has 1 atom stereocenters. The fraction of sp³-hybridized carbons (Fsp3) is 0.700. The molecule has 0 aliphatic heterocycles. The lowest BCUT2D eigenvalue weighted by molar-refractivity contribution is 0.566. The Bertz CT molecular complexity index is 168. The average Bonchev–Trinajstić information content (AvgIpc) is 2.06. The third-order valence-electron chi connectivity index (χ3n) is 2.28. The fourth-order valence-corrected chi connectivity index (χ4v) is 1.68. The van der Waals surface area contributed by atoms with Crippen molar-refractivity contribution in [1.29, 1.82) is 0 Å². The van der Waals surface area contributed by atoms with Crippen molar-refractivity contribution < 1.29 is 0 Å². The molecule has 0 aromatic rings. The van der Waals surface area contributed by atoms with Gasteiger partial charge in [0.15, 0.2) is 0 Å². The van der Waals surface area contributed by atoms with Gasteiger partial charge in [-0.25, -0.2) is 0 Å². The van der Waals surface area contributed by atoms with Crippen molar-refractivity contribution in [3.8, 4) is 0 Å². The molecule has 0 saturated heterocycles. The first-order chi connectivity index (χ1) is 5.38. The molecule has 0 heterocycles. The lowest BCUT2D eigenvalue weighted by Crippen LogP contribution is -2.14. The second-order valence-corrected chi connectivity index (χ2v) is 3.11. The number of nitrogens with zero attached hydrogens (tertiary/aromatic N) is 1. The molecule has 62 valence electrons. The van der Waals surface area contributed by atoms with Crippen LogP contribution in [0, 0.1) is 5.92 Å². The molecule has 1 nitrogen and oxygen atoms in total. The van der Waals surface area contributed by atoms with Gasteiger partial charge in [0, 0.05) is 18.7 Å². The lowest BCUT2D eigenvalue weighted by Gasteiger charge is -2.18. The SMILES string of the molecule is CCCC1CCC=CC1=NC. The van der Waals surface area contributed by atoms with E-state index in [0.29, 0.717) is 0 Å². The Kier molecular flexibility index (Phi) is 3.34. The van der Waals surface area contributed by atoms with Crippen LogP contribution in [0.2, 0.25) is 0 Å². The van der Waals surface area contributed by atoms with Gasteiger partial charge in [0.1, 0.15) is 0 Å². The molecule has 1 rings (SSSR count). The van der Waals surface area contributed by atoms with Crippen LogP contribution in [0.3, 0.4) is 0 Å². The van der Waals surface area contributed by atoms with Crippen LogP contribution in [0.15, 0.2) is 17.1 Å². The molecule has 1 unspecified atom stereocenters. The third-order valence-corrected chi connectivity index (χ3v) is 2.28. The molecular weight excluding hydrogens is 134 g/mol. The highest BCUT2D eigenvalue weighted by molar-refractivity contribution is 5.97. The zero-order valence-corrected chi connectivity index (χ0v) is 7.51. The van der Waals surface area contributed by atoms with E-state index in [-0.39, 0.29) is 0 Å². The zero-order valence-electron chi connectivity index (χ0n) is 7.51. The average molecular weight is 151 g/mol. The predicted molar refractivity (Wildman–Crippen MR) is 50.1 cm³/mol. The van der Waals surface area contributed by atoms with E-state index in [9.17, 15) is 0 Å². The highest BCUT2D eigenvalue weighted by atomic mass is 14.7. The van der Waals surface area contributed by atoms with Crippen molar-refractivity contribution in [2.45, 2.75) is 32.6 Å². The Hall–Kier alpha value is -0.590. The van der Waals surface area contributed by atoms with Crippen molar-refractivity contribution in [3.63, 3.8) is 0 Å². The minimum absolute atomic E-state index is 0.745. The van der Waals surface area contributed by atoms with E-state index in [2.05, 4.69) is 24.1 Å². The van der Waals surface area contributed by atoms with Gasteiger partial charge in [-0.2, -0.15) is 0 Å². The van der Waals surface area contributed by atoms with Crippen molar-refractivity contribution in [2.75, 3.05) is 7.05 Å². The Morgan fingerprint density at radius 2 is 2.45 bits per heavy atom. The zero-order chi connectivity index (χ0) is 8.10. The van der Waals surface area contributed by atoms with E-state index in [1.165, 1.54) is 31.4 Å². The van der Waals surface area contributed by atoms with E-state index in [1.807, 2.05) is 7.05 Å². The highest BCUT2D eigenvalue weighted by Gasteiger charge is 2.14. The monoisotopic (exact) mass is 151 g/mol. The second-order valence-electron chi connectivity index (χ2n) is 3.11. The van der Waals surface area contributed by atoms with Gasteiger partial charge in [-0.05, 0) is 25.3 Å². The van der Waals surface area contributed by atoms with Gasteiger partial charge >= 0.3 is 0 Å². The second kappa shape index (κ2) is 4.32. The normalized spacial score (nSPS) is 27.8. The Morgan fingerprint density at radius 1 is 1.64 bits per heavy atom. The maximum atomic E-state index is 4.28. The molecule has 0 aromatic heterocycles. The molecule has 0 amide bonds. The molecule has 0 radical (unpaired) electrons. The summed E-state index contributed by atoms with van der Waals surface area (Å²) >= 11 is 0. The van der Waals surface area contributed by atoms with Crippen molar-refractivity contribution in [2.24, 2.45) is 10.9 Å². The first-order valence-corrected chi connectivity index (χ1v) is 4.51. The van der Waals surface area contributed by atoms with Crippen LogP contribution < -0.4 is 0 Å². The summed E-state index contributed by atoms with van der Waals surface area (Å²) < 4.78 is 0. The van der Waals surface area contributed by atoms with Gasteiger partial charge in [-0.1, -0.05) is 19.4 Å². The molecule has 11 heavy (non-hydrogen) atoms.